The maximum Gasteiger partial charge on any atom is 0.234 e. The molecule has 0 aromatic heterocycles. The van der Waals surface area contributed by atoms with Crippen LogP contribution in [0.1, 0.15) is 46.0 Å². The van der Waals surface area contributed by atoms with Crippen molar-refractivity contribution in [2.75, 3.05) is 19.6 Å². The topological polar surface area (TPSA) is 58.4 Å². The Bertz CT molecular complexity index is 300. The van der Waals surface area contributed by atoms with Crippen molar-refractivity contribution in [1.29, 1.82) is 0 Å². The van der Waals surface area contributed by atoms with Gasteiger partial charge in [-0.25, -0.2) is 0 Å². The van der Waals surface area contributed by atoms with Gasteiger partial charge < -0.3 is 11.1 Å². The van der Waals surface area contributed by atoms with Crippen molar-refractivity contribution < 1.29 is 4.79 Å². The lowest BCUT2D eigenvalue weighted by Crippen LogP contribution is -2.44. The summed E-state index contributed by atoms with van der Waals surface area (Å²) in [5.41, 5.74) is 5.72. The van der Waals surface area contributed by atoms with Crippen LogP contribution in [0.5, 0.6) is 0 Å². The van der Waals surface area contributed by atoms with E-state index in [0.29, 0.717) is 24.5 Å². The van der Waals surface area contributed by atoms with Crippen LogP contribution in [0.15, 0.2) is 0 Å². The number of nitrogens with two attached hydrogens (primary N) is 1. The first-order valence-corrected chi connectivity index (χ1v) is 7.82. The Kier molecular flexibility index (Phi) is 5.22. The third-order valence-corrected chi connectivity index (χ3v) is 4.85. The Morgan fingerprint density at radius 3 is 2.53 bits per heavy atom. The van der Waals surface area contributed by atoms with Crippen LogP contribution in [0.2, 0.25) is 0 Å². The predicted octanol–water partition coefficient (Wildman–Crippen LogP) is 1.35. The molecule has 110 valence electrons. The highest BCUT2D eigenvalue weighted by Crippen LogP contribution is 2.24. The van der Waals surface area contributed by atoms with Crippen LogP contribution < -0.4 is 11.1 Å². The molecule has 1 amide bonds. The standard InChI is InChI=1S/C15H29N3O/c1-11-3-5-14(6-4-11)17-15(19)10-18-9-13(8-16)7-12(18)2/h11-14H,3-10,16H2,1-2H3,(H,17,19). The van der Waals surface area contributed by atoms with E-state index in [-0.39, 0.29) is 5.91 Å². The molecule has 4 nitrogen and oxygen atoms in total. The minimum Gasteiger partial charge on any atom is -0.352 e. The zero-order valence-corrected chi connectivity index (χ0v) is 12.4. The third-order valence-electron chi connectivity index (χ3n) is 4.85. The van der Waals surface area contributed by atoms with E-state index in [1.165, 1.54) is 12.8 Å². The number of carbonyl (C=O) groups is 1. The highest BCUT2D eigenvalue weighted by molar-refractivity contribution is 5.78. The molecule has 1 saturated heterocycles. The highest BCUT2D eigenvalue weighted by Gasteiger charge is 2.30. The van der Waals surface area contributed by atoms with Crippen LogP contribution in [0.3, 0.4) is 0 Å². The van der Waals surface area contributed by atoms with Crippen molar-refractivity contribution in [3.8, 4) is 0 Å². The molecule has 2 aliphatic rings. The molecule has 0 aromatic rings. The fourth-order valence-corrected chi connectivity index (χ4v) is 3.47. The van der Waals surface area contributed by atoms with Gasteiger partial charge in [0.15, 0.2) is 0 Å². The number of rotatable bonds is 4. The summed E-state index contributed by atoms with van der Waals surface area (Å²) >= 11 is 0. The number of hydrogen-bond acceptors (Lipinski definition) is 3. The number of nitrogens with one attached hydrogen (secondary N) is 1. The van der Waals surface area contributed by atoms with Crippen molar-refractivity contribution in [3.05, 3.63) is 0 Å². The molecule has 2 rings (SSSR count). The Hall–Kier alpha value is -0.610. The first kappa shape index (κ1) is 14.8. The molecule has 19 heavy (non-hydrogen) atoms. The summed E-state index contributed by atoms with van der Waals surface area (Å²) in [5, 5.41) is 3.21. The van der Waals surface area contributed by atoms with Crippen LogP contribution in [0.4, 0.5) is 0 Å². The molecule has 0 radical (unpaired) electrons. The van der Waals surface area contributed by atoms with Crippen LogP contribution >= 0.6 is 0 Å². The lowest BCUT2D eigenvalue weighted by Gasteiger charge is -2.28. The average Bonchev–Trinajstić information content (AvgIpc) is 2.73. The van der Waals surface area contributed by atoms with Gasteiger partial charge in [-0.1, -0.05) is 6.92 Å². The maximum atomic E-state index is 12.1. The van der Waals surface area contributed by atoms with Crippen molar-refractivity contribution in [2.24, 2.45) is 17.6 Å². The van der Waals surface area contributed by atoms with Crippen molar-refractivity contribution in [2.45, 2.75) is 58.0 Å². The SMILES string of the molecule is CC1CCC(NC(=O)CN2CC(CN)CC2C)CC1. The molecule has 2 atom stereocenters. The highest BCUT2D eigenvalue weighted by atomic mass is 16.2. The van der Waals surface area contributed by atoms with Crippen LogP contribution in [0, 0.1) is 11.8 Å². The summed E-state index contributed by atoms with van der Waals surface area (Å²) in [7, 11) is 0. The molecule has 2 fully saturated rings. The first-order chi connectivity index (χ1) is 9.08. The van der Waals surface area contributed by atoms with E-state index >= 15 is 0 Å². The molecular formula is C15H29N3O. The fraction of sp³-hybridized carbons (Fsp3) is 0.933. The minimum absolute atomic E-state index is 0.198. The molecule has 3 N–H and O–H groups in total. The largest absolute Gasteiger partial charge is 0.352 e. The Labute approximate surface area is 117 Å². The smallest absolute Gasteiger partial charge is 0.234 e. The molecule has 1 aliphatic carbocycles. The van der Waals surface area contributed by atoms with Crippen LogP contribution in [-0.4, -0.2) is 42.5 Å². The molecule has 0 spiro atoms. The zero-order valence-electron chi connectivity index (χ0n) is 12.4. The average molecular weight is 267 g/mol. The van der Waals surface area contributed by atoms with Gasteiger partial charge in [0, 0.05) is 18.6 Å². The second kappa shape index (κ2) is 6.71. The third kappa shape index (κ3) is 4.18. The number of likely N-dealkylation sites (tertiary alicyclic amines) is 1. The van der Waals surface area contributed by atoms with Crippen molar-refractivity contribution in [1.82, 2.24) is 10.2 Å². The normalized spacial score (nSPS) is 36.4. The molecule has 1 aliphatic heterocycles. The quantitative estimate of drug-likeness (QED) is 0.808. The fourth-order valence-electron chi connectivity index (χ4n) is 3.47. The molecule has 2 unspecified atom stereocenters. The monoisotopic (exact) mass is 267 g/mol. The summed E-state index contributed by atoms with van der Waals surface area (Å²) < 4.78 is 0. The summed E-state index contributed by atoms with van der Waals surface area (Å²) in [6.07, 6.45) is 5.92. The van der Waals surface area contributed by atoms with Gasteiger partial charge in [0.25, 0.3) is 0 Å². The molecular weight excluding hydrogens is 238 g/mol. The Morgan fingerprint density at radius 1 is 1.26 bits per heavy atom. The summed E-state index contributed by atoms with van der Waals surface area (Å²) in [6.45, 7) is 6.77. The second-order valence-corrected chi connectivity index (χ2v) is 6.64. The second-order valence-electron chi connectivity index (χ2n) is 6.64. The van der Waals surface area contributed by atoms with Gasteiger partial charge in [-0.2, -0.15) is 0 Å². The predicted molar refractivity (Wildman–Crippen MR) is 77.8 cm³/mol. The van der Waals surface area contributed by atoms with Gasteiger partial charge >= 0.3 is 0 Å². The zero-order chi connectivity index (χ0) is 13.8. The summed E-state index contributed by atoms with van der Waals surface area (Å²) in [4.78, 5) is 14.4. The van der Waals surface area contributed by atoms with Gasteiger partial charge in [0.05, 0.1) is 6.54 Å². The van der Waals surface area contributed by atoms with E-state index in [1.807, 2.05) is 0 Å². The molecule has 1 heterocycles. The molecule has 0 bridgehead atoms. The van der Waals surface area contributed by atoms with Crippen LogP contribution in [0.25, 0.3) is 0 Å². The summed E-state index contributed by atoms with van der Waals surface area (Å²) in [5.74, 6) is 1.60. The van der Waals surface area contributed by atoms with E-state index in [9.17, 15) is 4.79 Å². The lowest BCUT2D eigenvalue weighted by atomic mass is 9.87. The number of hydrogen-bond donors (Lipinski definition) is 2. The van der Waals surface area contributed by atoms with Gasteiger partial charge in [-0.3, -0.25) is 9.69 Å². The first-order valence-electron chi connectivity index (χ1n) is 7.82. The van der Waals surface area contributed by atoms with Crippen LogP contribution in [-0.2, 0) is 4.79 Å². The molecule has 1 saturated carbocycles. The van der Waals surface area contributed by atoms with Crippen molar-refractivity contribution in [3.63, 3.8) is 0 Å². The van der Waals surface area contributed by atoms with Gasteiger partial charge in [-0.15, -0.1) is 0 Å². The number of amides is 1. The van der Waals surface area contributed by atoms with E-state index in [1.54, 1.807) is 0 Å². The summed E-state index contributed by atoms with van der Waals surface area (Å²) in [6, 6.07) is 0.901. The van der Waals surface area contributed by atoms with E-state index in [2.05, 4.69) is 24.1 Å². The van der Waals surface area contributed by atoms with Gasteiger partial charge in [0.2, 0.25) is 5.91 Å². The van der Waals surface area contributed by atoms with Gasteiger partial charge in [-0.05, 0) is 57.4 Å². The Balaban J connectivity index is 1.72. The van der Waals surface area contributed by atoms with Crippen molar-refractivity contribution >= 4 is 5.91 Å². The minimum atomic E-state index is 0.198. The van der Waals surface area contributed by atoms with Gasteiger partial charge in [0.1, 0.15) is 0 Å². The lowest BCUT2D eigenvalue weighted by molar-refractivity contribution is -0.123. The van der Waals surface area contributed by atoms with E-state index in [0.717, 1.165) is 38.3 Å². The maximum absolute atomic E-state index is 12.1. The Morgan fingerprint density at radius 2 is 1.95 bits per heavy atom. The molecule has 4 heteroatoms. The van der Waals surface area contributed by atoms with E-state index in [4.69, 9.17) is 5.73 Å². The number of nitrogens with zero attached hydrogens (tertiary/aromatic N) is 1. The molecule has 0 aromatic carbocycles. The number of carbonyl (C=O) groups excluding carboxylic acids is 1. The van der Waals surface area contributed by atoms with E-state index < -0.39 is 0 Å².